The van der Waals surface area contributed by atoms with Crippen LogP contribution < -0.4 is 14.2 Å². The van der Waals surface area contributed by atoms with Crippen molar-refractivity contribution >= 4 is 34.6 Å². The van der Waals surface area contributed by atoms with Crippen LogP contribution in [0.4, 0.5) is 4.79 Å². The number of amides is 1. The van der Waals surface area contributed by atoms with Gasteiger partial charge in [0.15, 0.2) is 5.84 Å². The molecule has 1 amide bonds. The second-order valence-electron chi connectivity index (χ2n) is 8.20. The van der Waals surface area contributed by atoms with Crippen LogP contribution in [0.1, 0.15) is 29.2 Å². The molecule has 0 radical (unpaired) electrons. The van der Waals surface area contributed by atoms with E-state index in [1.807, 2.05) is 83.9 Å². The summed E-state index contributed by atoms with van der Waals surface area (Å²) in [7, 11) is 4.93. The van der Waals surface area contributed by atoms with Crippen molar-refractivity contribution in [2.45, 2.75) is 12.5 Å². The first kappa shape index (κ1) is 23.7. The van der Waals surface area contributed by atoms with E-state index < -0.39 is 0 Å². The maximum atomic E-state index is 12.5. The van der Waals surface area contributed by atoms with E-state index in [1.165, 1.54) is 0 Å². The van der Waals surface area contributed by atoms with Gasteiger partial charge in [-0.2, -0.15) is 10.1 Å². The van der Waals surface area contributed by atoms with Crippen LogP contribution >= 0.6 is 11.8 Å². The molecule has 0 aliphatic carbocycles. The van der Waals surface area contributed by atoms with Crippen molar-refractivity contribution in [2.75, 3.05) is 21.3 Å². The molecule has 0 spiro atoms. The van der Waals surface area contributed by atoms with E-state index in [-0.39, 0.29) is 11.3 Å². The lowest BCUT2D eigenvalue weighted by Gasteiger charge is -2.24. The Balaban J connectivity index is 1.53. The second kappa shape index (κ2) is 10.3. The molecule has 3 aromatic carbocycles. The first-order chi connectivity index (χ1) is 17.6. The number of aliphatic imine (C=N–C) groups is 1. The van der Waals surface area contributed by atoms with Crippen LogP contribution in [-0.4, -0.2) is 43.1 Å². The number of carbonyl (C=O) groups excluding carboxylic acids is 1. The fourth-order valence-electron chi connectivity index (χ4n) is 4.16. The molecular weight excluding hydrogens is 474 g/mol. The second-order valence-corrected chi connectivity index (χ2v) is 9.19. The van der Waals surface area contributed by atoms with E-state index in [2.05, 4.69) is 4.99 Å². The highest BCUT2D eigenvalue weighted by atomic mass is 32.2. The first-order valence-electron chi connectivity index (χ1n) is 11.4. The molecule has 182 valence electrons. The van der Waals surface area contributed by atoms with E-state index in [9.17, 15) is 4.79 Å². The maximum absolute atomic E-state index is 12.5. The zero-order chi connectivity index (χ0) is 25.1. The largest absolute Gasteiger partial charge is 0.497 e. The molecule has 2 aliphatic rings. The van der Waals surface area contributed by atoms with E-state index in [4.69, 9.17) is 19.3 Å². The van der Waals surface area contributed by atoms with Gasteiger partial charge < -0.3 is 14.2 Å². The fourth-order valence-corrected chi connectivity index (χ4v) is 4.91. The van der Waals surface area contributed by atoms with E-state index in [1.54, 1.807) is 21.3 Å². The number of hydrogen-bond acceptors (Lipinski definition) is 7. The molecule has 3 aromatic rings. The Hall–Kier alpha value is -4.04. The van der Waals surface area contributed by atoms with Gasteiger partial charge in [0.2, 0.25) is 0 Å². The van der Waals surface area contributed by atoms with Crippen molar-refractivity contribution in [2.24, 2.45) is 10.1 Å². The van der Waals surface area contributed by atoms with Crippen molar-refractivity contribution in [1.29, 1.82) is 0 Å². The number of thioether (sulfide) groups is 1. The number of methoxy groups -OCH3 is 3. The maximum Gasteiger partial charge on any atom is 0.311 e. The lowest BCUT2D eigenvalue weighted by atomic mass is 9.98. The van der Waals surface area contributed by atoms with Gasteiger partial charge in [0, 0.05) is 6.42 Å². The van der Waals surface area contributed by atoms with Gasteiger partial charge in [0.1, 0.15) is 17.2 Å². The SMILES string of the molecule is COc1ccc(/C=C2\SC(=O)N=C2N2N=C(c3ccc(OC)cc3)CC2c2ccc(OC)cc2)cc1. The number of ether oxygens (including phenoxy) is 3. The topological polar surface area (TPSA) is 72.7 Å². The number of hydrogen-bond donors (Lipinski definition) is 0. The summed E-state index contributed by atoms with van der Waals surface area (Å²) in [6, 6.07) is 23.3. The summed E-state index contributed by atoms with van der Waals surface area (Å²) in [4.78, 5) is 17.6. The van der Waals surface area contributed by atoms with Gasteiger partial charge in [-0.05, 0) is 83.1 Å². The third-order valence-corrected chi connectivity index (χ3v) is 6.87. The summed E-state index contributed by atoms with van der Waals surface area (Å²) in [5.74, 6) is 2.88. The standard InChI is InChI=1S/C28H25N3O4S/c1-33-21-10-4-18(5-11-21)16-26-27(29-28(32)36-26)31-25(20-8-14-23(35-3)15-9-20)17-24(30-31)19-6-12-22(34-2)13-7-19/h4-16,25H,17H2,1-3H3/b26-16-. The average Bonchev–Trinajstić information content (AvgIpc) is 3.52. The van der Waals surface area contributed by atoms with Gasteiger partial charge in [-0.1, -0.05) is 24.3 Å². The molecular formula is C28H25N3O4S. The smallest absolute Gasteiger partial charge is 0.311 e. The minimum atomic E-state index is -0.258. The van der Waals surface area contributed by atoms with Crippen LogP contribution in [0.3, 0.4) is 0 Å². The molecule has 0 saturated carbocycles. The zero-order valence-corrected chi connectivity index (χ0v) is 21.0. The third-order valence-electron chi connectivity index (χ3n) is 6.08. The van der Waals surface area contributed by atoms with Crippen molar-refractivity contribution < 1.29 is 19.0 Å². The molecule has 7 nitrogen and oxygen atoms in total. The summed E-state index contributed by atoms with van der Waals surface area (Å²) in [6.07, 6.45) is 2.62. The Kier molecular flexibility index (Phi) is 6.77. The molecule has 0 N–H and O–H groups in total. The molecule has 2 heterocycles. The molecule has 0 aromatic heterocycles. The normalized spacial score (nSPS) is 18.3. The van der Waals surface area contributed by atoms with Gasteiger partial charge in [0.25, 0.3) is 0 Å². The first-order valence-corrected chi connectivity index (χ1v) is 12.2. The number of carbonyl (C=O) groups is 1. The Labute approximate surface area is 214 Å². The van der Waals surface area contributed by atoms with Crippen LogP contribution in [0.15, 0.2) is 87.8 Å². The van der Waals surface area contributed by atoms with E-state index in [0.29, 0.717) is 12.3 Å². The fraction of sp³-hybridized carbons (Fsp3) is 0.179. The van der Waals surface area contributed by atoms with Crippen molar-refractivity contribution in [1.82, 2.24) is 5.01 Å². The Morgan fingerprint density at radius 1 is 0.833 bits per heavy atom. The summed E-state index contributed by atoms with van der Waals surface area (Å²) >= 11 is 1.11. The lowest BCUT2D eigenvalue weighted by molar-refractivity contribution is 0.267. The summed E-state index contributed by atoms with van der Waals surface area (Å²) < 4.78 is 15.9. The van der Waals surface area contributed by atoms with Crippen LogP contribution in [-0.2, 0) is 0 Å². The van der Waals surface area contributed by atoms with Crippen LogP contribution in [0.5, 0.6) is 17.2 Å². The molecule has 0 fully saturated rings. The minimum Gasteiger partial charge on any atom is -0.497 e. The van der Waals surface area contributed by atoms with Gasteiger partial charge in [0.05, 0.1) is 38.0 Å². The highest BCUT2D eigenvalue weighted by Crippen LogP contribution is 2.40. The Morgan fingerprint density at radius 2 is 1.39 bits per heavy atom. The van der Waals surface area contributed by atoms with Crippen LogP contribution in [0, 0.1) is 0 Å². The highest BCUT2D eigenvalue weighted by Gasteiger charge is 2.36. The number of amidine groups is 1. The van der Waals surface area contributed by atoms with E-state index in [0.717, 1.165) is 56.3 Å². The van der Waals surface area contributed by atoms with Gasteiger partial charge >= 0.3 is 5.24 Å². The number of rotatable bonds is 6. The van der Waals surface area contributed by atoms with E-state index >= 15 is 0 Å². The zero-order valence-electron chi connectivity index (χ0n) is 20.2. The average molecular weight is 500 g/mol. The van der Waals surface area contributed by atoms with Crippen LogP contribution in [0.25, 0.3) is 6.08 Å². The van der Waals surface area contributed by atoms with Gasteiger partial charge in [-0.15, -0.1) is 0 Å². The molecule has 36 heavy (non-hydrogen) atoms. The molecule has 2 aliphatic heterocycles. The van der Waals surface area contributed by atoms with Crippen molar-refractivity contribution in [3.05, 3.63) is 94.4 Å². The molecule has 5 rings (SSSR count). The van der Waals surface area contributed by atoms with Gasteiger partial charge in [-0.3, -0.25) is 4.79 Å². The number of benzene rings is 3. The molecule has 8 heteroatoms. The summed E-state index contributed by atoms with van der Waals surface area (Å²) in [6.45, 7) is 0. The minimum absolute atomic E-state index is 0.127. The van der Waals surface area contributed by atoms with Gasteiger partial charge in [-0.25, -0.2) is 5.01 Å². The Bertz CT molecular complexity index is 1350. The molecule has 1 unspecified atom stereocenters. The quantitative estimate of drug-likeness (QED) is 0.404. The van der Waals surface area contributed by atoms with Crippen molar-refractivity contribution in [3.8, 4) is 17.2 Å². The Morgan fingerprint density at radius 3 is 1.97 bits per heavy atom. The van der Waals surface area contributed by atoms with Crippen molar-refractivity contribution in [3.63, 3.8) is 0 Å². The summed E-state index contributed by atoms with van der Waals surface area (Å²) in [5, 5.41) is 6.58. The monoisotopic (exact) mass is 499 g/mol. The van der Waals surface area contributed by atoms with Crippen LogP contribution in [0.2, 0.25) is 0 Å². The number of hydrazone groups is 1. The molecule has 0 bridgehead atoms. The third kappa shape index (κ3) is 4.85. The summed E-state index contributed by atoms with van der Waals surface area (Å²) in [5.41, 5.74) is 3.91. The lowest BCUT2D eigenvalue weighted by Crippen LogP contribution is -2.26. The molecule has 1 atom stereocenters. The predicted octanol–water partition coefficient (Wildman–Crippen LogP) is 6.17. The highest BCUT2D eigenvalue weighted by molar-refractivity contribution is 8.18. The number of nitrogens with zero attached hydrogens (tertiary/aromatic N) is 3. The molecule has 0 saturated heterocycles. The predicted molar refractivity (Wildman–Crippen MR) is 143 cm³/mol.